The summed E-state index contributed by atoms with van der Waals surface area (Å²) < 4.78 is 3.38. The van der Waals surface area contributed by atoms with E-state index in [-0.39, 0.29) is 30.2 Å². The molecule has 0 bridgehead atoms. The second-order valence-corrected chi connectivity index (χ2v) is 9.72. The van der Waals surface area contributed by atoms with Crippen molar-refractivity contribution in [2.75, 3.05) is 0 Å². The Morgan fingerprint density at radius 1 is 1.00 bits per heavy atom. The van der Waals surface area contributed by atoms with Crippen molar-refractivity contribution in [2.24, 2.45) is 0 Å². The molecule has 0 unspecified atom stereocenters. The Balaban J connectivity index is 1.37. The molecule has 1 N–H and O–H groups in total. The lowest BCUT2D eigenvalue weighted by atomic mass is 10.1. The second-order valence-electron chi connectivity index (χ2n) is 8.80. The maximum absolute atomic E-state index is 13.3. The fraction of sp³-hybridized carbons (Fsp3) is 0.286. The highest BCUT2D eigenvalue weighted by molar-refractivity contribution is 7.17. The molecule has 184 valence electrons. The summed E-state index contributed by atoms with van der Waals surface area (Å²) in [6.07, 6.45) is 2.43. The van der Waals surface area contributed by atoms with Gasteiger partial charge in [0.15, 0.2) is 0 Å². The summed E-state index contributed by atoms with van der Waals surface area (Å²) in [5.74, 6) is -0.00809. The van der Waals surface area contributed by atoms with Gasteiger partial charge in [0.1, 0.15) is 4.70 Å². The molecule has 2 heterocycles. The molecule has 7 nitrogen and oxygen atoms in total. The van der Waals surface area contributed by atoms with E-state index in [1.54, 1.807) is 28.1 Å². The van der Waals surface area contributed by atoms with Gasteiger partial charge in [-0.1, -0.05) is 54.4 Å². The minimum absolute atomic E-state index is 0.00809. The zero-order valence-electron chi connectivity index (χ0n) is 20.2. The van der Waals surface area contributed by atoms with E-state index in [1.165, 1.54) is 21.5 Å². The van der Waals surface area contributed by atoms with Crippen LogP contribution in [0.1, 0.15) is 47.9 Å². The van der Waals surface area contributed by atoms with Crippen LogP contribution in [0.5, 0.6) is 0 Å². The van der Waals surface area contributed by atoms with Crippen LogP contribution in [0.25, 0.3) is 10.2 Å². The number of nitriles is 1. The third kappa shape index (κ3) is 5.81. The zero-order valence-corrected chi connectivity index (χ0v) is 21.0. The molecule has 8 heteroatoms. The molecule has 0 radical (unpaired) electrons. The number of thiophene rings is 1. The van der Waals surface area contributed by atoms with Crippen molar-refractivity contribution in [3.05, 3.63) is 103 Å². The van der Waals surface area contributed by atoms with Crippen LogP contribution in [0.4, 0.5) is 0 Å². The van der Waals surface area contributed by atoms with Gasteiger partial charge in [-0.3, -0.25) is 18.7 Å². The van der Waals surface area contributed by atoms with Crippen LogP contribution in [-0.4, -0.2) is 15.0 Å². The quantitative estimate of drug-likeness (QED) is 0.328. The molecule has 0 atom stereocenters. The number of aromatic nitrogens is 2. The summed E-state index contributed by atoms with van der Waals surface area (Å²) in [6, 6.07) is 19.2. The number of hydrogen-bond donors (Lipinski definition) is 1. The molecule has 0 saturated heterocycles. The van der Waals surface area contributed by atoms with Crippen molar-refractivity contribution in [2.45, 2.75) is 52.2 Å². The SMILES string of the molecule is Cc1ccc(CNC(=O)CCCCCn2c(=O)c3sccc3n(Cc3ccccc3C#N)c2=O)cc1. The number of nitrogens with one attached hydrogen (secondary N) is 1. The summed E-state index contributed by atoms with van der Waals surface area (Å²) in [7, 11) is 0. The monoisotopic (exact) mass is 500 g/mol. The van der Waals surface area contributed by atoms with E-state index >= 15 is 0 Å². The normalized spacial score (nSPS) is 10.9. The average Bonchev–Trinajstić information content (AvgIpc) is 3.38. The number of fused-ring (bicyclic) bond motifs is 1. The zero-order chi connectivity index (χ0) is 25.5. The van der Waals surface area contributed by atoms with E-state index in [0.29, 0.717) is 41.6 Å². The van der Waals surface area contributed by atoms with Gasteiger partial charge in [0.2, 0.25) is 5.91 Å². The number of aryl methyl sites for hydroxylation is 1. The van der Waals surface area contributed by atoms with Gasteiger partial charge < -0.3 is 5.32 Å². The van der Waals surface area contributed by atoms with Crippen molar-refractivity contribution >= 4 is 27.5 Å². The highest BCUT2D eigenvalue weighted by Crippen LogP contribution is 2.18. The fourth-order valence-corrected chi connectivity index (χ4v) is 4.99. The van der Waals surface area contributed by atoms with Gasteiger partial charge in [0.25, 0.3) is 5.56 Å². The van der Waals surface area contributed by atoms with Crippen molar-refractivity contribution in [3.8, 4) is 6.07 Å². The molecule has 0 aliphatic heterocycles. The van der Waals surface area contributed by atoms with Gasteiger partial charge in [-0.05, 0) is 48.4 Å². The van der Waals surface area contributed by atoms with E-state index in [1.807, 2.05) is 43.3 Å². The molecule has 0 aliphatic rings. The molecular weight excluding hydrogens is 472 g/mol. The first kappa shape index (κ1) is 25.1. The number of hydrogen-bond acceptors (Lipinski definition) is 5. The number of carbonyl (C=O) groups is 1. The standard InChI is InChI=1S/C28H28N4O3S/c1-20-10-12-21(13-11-20)18-30-25(33)9-3-2-6-15-31-27(34)26-24(14-16-36-26)32(28(31)35)19-23-8-5-4-7-22(23)17-29/h4-5,7-8,10-14,16H,2-3,6,9,15,18-19H2,1H3,(H,30,33). The van der Waals surface area contributed by atoms with Gasteiger partial charge in [-0.2, -0.15) is 5.26 Å². The molecule has 0 fully saturated rings. The summed E-state index contributed by atoms with van der Waals surface area (Å²) in [5.41, 5.74) is 3.40. The number of benzene rings is 2. The average molecular weight is 501 g/mol. The fourth-order valence-electron chi connectivity index (χ4n) is 4.15. The third-order valence-corrected chi connectivity index (χ3v) is 7.09. The molecule has 0 saturated carbocycles. The molecule has 4 rings (SSSR count). The van der Waals surface area contributed by atoms with Crippen LogP contribution in [0.15, 0.2) is 69.6 Å². The largest absolute Gasteiger partial charge is 0.352 e. The van der Waals surface area contributed by atoms with Gasteiger partial charge >= 0.3 is 5.69 Å². The Morgan fingerprint density at radius 3 is 2.56 bits per heavy atom. The van der Waals surface area contributed by atoms with Crippen molar-refractivity contribution in [1.29, 1.82) is 5.26 Å². The smallest absolute Gasteiger partial charge is 0.331 e. The van der Waals surface area contributed by atoms with Crippen LogP contribution < -0.4 is 16.6 Å². The number of carbonyl (C=O) groups excluding carboxylic acids is 1. The van der Waals surface area contributed by atoms with Gasteiger partial charge in [-0.25, -0.2) is 4.79 Å². The molecule has 0 spiro atoms. The molecule has 1 amide bonds. The Labute approximate surface area is 213 Å². The minimum Gasteiger partial charge on any atom is -0.352 e. The van der Waals surface area contributed by atoms with E-state index in [0.717, 1.165) is 17.5 Å². The lowest BCUT2D eigenvalue weighted by Crippen LogP contribution is -2.40. The van der Waals surface area contributed by atoms with E-state index in [4.69, 9.17) is 0 Å². The minimum atomic E-state index is -0.380. The Kier molecular flexibility index (Phi) is 8.13. The van der Waals surface area contributed by atoms with Crippen molar-refractivity contribution in [3.63, 3.8) is 0 Å². The number of unbranched alkanes of at least 4 members (excludes halogenated alkanes) is 2. The van der Waals surface area contributed by atoms with Gasteiger partial charge in [0.05, 0.1) is 23.7 Å². The Bertz CT molecular complexity index is 1520. The first-order valence-electron chi connectivity index (χ1n) is 12.0. The molecule has 0 aliphatic carbocycles. The highest BCUT2D eigenvalue weighted by atomic mass is 32.1. The van der Waals surface area contributed by atoms with Crippen LogP contribution in [0, 0.1) is 18.3 Å². The van der Waals surface area contributed by atoms with Gasteiger partial charge in [0, 0.05) is 19.5 Å². The Hall–Kier alpha value is -3.96. The summed E-state index contributed by atoms with van der Waals surface area (Å²) in [4.78, 5) is 38.5. The van der Waals surface area contributed by atoms with Gasteiger partial charge in [-0.15, -0.1) is 11.3 Å². The van der Waals surface area contributed by atoms with E-state index in [2.05, 4.69) is 11.4 Å². The first-order valence-corrected chi connectivity index (χ1v) is 12.9. The van der Waals surface area contributed by atoms with E-state index < -0.39 is 0 Å². The summed E-state index contributed by atoms with van der Waals surface area (Å²) in [5, 5.41) is 14.2. The molecule has 2 aromatic carbocycles. The predicted molar refractivity (Wildman–Crippen MR) is 142 cm³/mol. The number of rotatable bonds is 10. The van der Waals surface area contributed by atoms with Crippen LogP contribution in [-0.2, 0) is 24.4 Å². The number of nitrogens with zero attached hydrogens (tertiary/aromatic N) is 3. The maximum Gasteiger partial charge on any atom is 0.331 e. The maximum atomic E-state index is 13.3. The lowest BCUT2D eigenvalue weighted by molar-refractivity contribution is -0.121. The molecule has 36 heavy (non-hydrogen) atoms. The topological polar surface area (TPSA) is 96.9 Å². The third-order valence-electron chi connectivity index (χ3n) is 6.20. The van der Waals surface area contributed by atoms with Crippen LogP contribution >= 0.6 is 11.3 Å². The second kappa shape index (κ2) is 11.6. The lowest BCUT2D eigenvalue weighted by Gasteiger charge is -2.13. The molecular formula is C28H28N4O3S. The number of amides is 1. The first-order chi connectivity index (χ1) is 17.5. The molecule has 2 aromatic heterocycles. The Morgan fingerprint density at radius 2 is 1.78 bits per heavy atom. The van der Waals surface area contributed by atoms with E-state index in [9.17, 15) is 19.6 Å². The van der Waals surface area contributed by atoms with Crippen molar-refractivity contribution in [1.82, 2.24) is 14.5 Å². The van der Waals surface area contributed by atoms with Crippen LogP contribution in [0.3, 0.4) is 0 Å². The highest BCUT2D eigenvalue weighted by Gasteiger charge is 2.15. The van der Waals surface area contributed by atoms with Crippen molar-refractivity contribution < 1.29 is 4.79 Å². The predicted octanol–water partition coefficient (Wildman–Crippen LogP) is 4.33. The summed E-state index contributed by atoms with van der Waals surface area (Å²) >= 11 is 1.31. The van der Waals surface area contributed by atoms with Crippen LogP contribution in [0.2, 0.25) is 0 Å². The summed E-state index contributed by atoms with van der Waals surface area (Å²) in [6.45, 7) is 3.04. The molecule has 4 aromatic rings.